The predicted molar refractivity (Wildman–Crippen MR) is 153 cm³/mol. The van der Waals surface area contributed by atoms with Crippen LogP contribution >= 0.6 is 23.1 Å². The minimum Gasteiger partial charge on any atom is -0.352 e. The molecule has 0 bridgehead atoms. The van der Waals surface area contributed by atoms with Crippen molar-refractivity contribution in [1.29, 1.82) is 0 Å². The third-order valence-corrected chi connectivity index (χ3v) is 8.81. The monoisotopic (exact) mass is 548 g/mol. The Morgan fingerprint density at radius 3 is 2.63 bits per heavy atom. The Hall–Kier alpha value is -3.43. The number of hydrogen-bond donors (Lipinski definition) is 1. The van der Waals surface area contributed by atoms with Crippen LogP contribution in [0.3, 0.4) is 0 Å². The summed E-state index contributed by atoms with van der Waals surface area (Å²) < 4.78 is 17.0. The Bertz CT molecular complexity index is 1470. The number of rotatable bonds is 7. The number of halogens is 1. The van der Waals surface area contributed by atoms with Gasteiger partial charge in [-0.15, -0.1) is 23.1 Å². The second-order valence-corrected chi connectivity index (χ2v) is 11.4. The van der Waals surface area contributed by atoms with E-state index in [0.29, 0.717) is 17.1 Å². The fraction of sp³-hybridized carbons (Fsp3) is 0.276. The van der Waals surface area contributed by atoms with Gasteiger partial charge in [-0.25, -0.2) is 9.07 Å². The van der Waals surface area contributed by atoms with Crippen LogP contribution in [0, 0.1) is 12.7 Å². The number of carbonyl (C=O) groups excluding carboxylic acids is 2. The number of thiophene rings is 1. The molecule has 9 heteroatoms. The summed E-state index contributed by atoms with van der Waals surface area (Å²) in [5, 5.41) is 9.50. The zero-order valence-corrected chi connectivity index (χ0v) is 23.1. The predicted octanol–water partition coefficient (Wildman–Crippen LogP) is 6.13. The number of aryl methyl sites for hydroxylation is 1. The highest BCUT2D eigenvalue weighted by atomic mass is 32.2. The molecular formula is C29H29FN4O2S2. The van der Waals surface area contributed by atoms with Crippen molar-refractivity contribution >= 4 is 40.7 Å². The molecule has 1 aliphatic heterocycles. The molecule has 196 valence electrons. The van der Waals surface area contributed by atoms with Crippen LogP contribution in [0.5, 0.6) is 0 Å². The molecule has 5 rings (SSSR count). The lowest BCUT2D eigenvalue weighted by atomic mass is 10.0. The molecule has 0 spiro atoms. The maximum absolute atomic E-state index is 15.3. The van der Waals surface area contributed by atoms with Gasteiger partial charge in [0.25, 0.3) is 0 Å². The summed E-state index contributed by atoms with van der Waals surface area (Å²) in [7, 11) is 0. The zero-order valence-electron chi connectivity index (χ0n) is 21.5. The molecule has 38 heavy (non-hydrogen) atoms. The Morgan fingerprint density at radius 2 is 1.92 bits per heavy atom. The van der Waals surface area contributed by atoms with E-state index in [0.717, 1.165) is 28.1 Å². The average molecular weight is 549 g/mol. The quantitative estimate of drug-likeness (QED) is 0.302. The fourth-order valence-corrected chi connectivity index (χ4v) is 6.53. The molecule has 2 amide bonds. The van der Waals surface area contributed by atoms with Crippen LogP contribution in [0.4, 0.5) is 10.2 Å². The molecule has 1 aliphatic rings. The Morgan fingerprint density at radius 1 is 1.16 bits per heavy atom. The van der Waals surface area contributed by atoms with Gasteiger partial charge in [-0.3, -0.25) is 14.5 Å². The van der Waals surface area contributed by atoms with Crippen molar-refractivity contribution in [2.75, 3.05) is 17.2 Å². The molecule has 6 nitrogen and oxygen atoms in total. The van der Waals surface area contributed by atoms with Gasteiger partial charge in [0.1, 0.15) is 23.9 Å². The van der Waals surface area contributed by atoms with Gasteiger partial charge in [-0.2, -0.15) is 5.10 Å². The zero-order chi connectivity index (χ0) is 26.8. The number of benzene rings is 2. The highest BCUT2D eigenvalue weighted by molar-refractivity contribution is 8.00. The molecular weight excluding hydrogens is 519 g/mol. The van der Waals surface area contributed by atoms with Crippen molar-refractivity contribution in [3.05, 3.63) is 88.6 Å². The van der Waals surface area contributed by atoms with Crippen molar-refractivity contribution < 1.29 is 14.0 Å². The highest BCUT2D eigenvalue weighted by Gasteiger charge is 2.38. The van der Waals surface area contributed by atoms with Crippen molar-refractivity contribution in [2.45, 2.75) is 38.5 Å². The van der Waals surface area contributed by atoms with E-state index in [4.69, 9.17) is 5.10 Å². The first-order valence-electron chi connectivity index (χ1n) is 12.6. The number of fused-ring (bicyclic) bond motifs is 1. The van der Waals surface area contributed by atoms with Gasteiger partial charge in [-0.1, -0.05) is 49.4 Å². The lowest BCUT2D eigenvalue weighted by Crippen LogP contribution is -2.44. The molecule has 2 aromatic carbocycles. The van der Waals surface area contributed by atoms with Crippen LogP contribution in [0.25, 0.3) is 16.3 Å². The van der Waals surface area contributed by atoms with E-state index in [2.05, 4.69) is 5.32 Å². The first kappa shape index (κ1) is 26.2. The van der Waals surface area contributed by atoms with Gasteiger partial charge < -0.3 is 5.32 Å². The first-order valence-corrected chi connectivity index (χ1v) is 14.5. The Kier molecular flexibility index (Phi) is 7.67. The molecule has 0 saturated carbocycles. The molecule has 3 heterocycles. The lowest BCUT2D eigenvalue weighted by molar-refractivity contribution is -0.123. The van der Waals surface area contributed by atoms with E-state index in [1.807, 2.05) is 62.5 Å². The summed E-state index contributed by atoms with van der Waals surface area (Å²) in [4.78, 5) is 29.2. The summed E-state index contributed by atoms with van der Waals surface area (Å²) in [6.07, 6.45) is 0.778. The van der Waals surface area contributed by atoms with Crippen LogP contribution in [0.15, 0.2) is 66.0 Å². The van der Waals surface area contributed by atoms with Crippen molar-refractivity contribution in [1.82, 2.24) is 15.1 Å². The minimum absolute atomic E-state index is 0.0208. The van der Waals surface area contributed by atoms with Crippen molar-refractivity contribution in [3.63, 3.8) is 0 Å². The van der Waals surface area contributed by atoms with E-state index in [-0.39, 0.29) is 36.0 Å². The molecule has 4 aromatic rings. The number of nitrogens with zero attached hydrogens (tertiary/aromatic N) is 3. The number of aromatic nitrogens is 2. The molecule has 0 unspecified atom stereocenters. The SMILES string of the molecule is CC[C@@H](C)NC(=O)CN1C(=O)CS[C@H](c2ccccc2F)c2c(-c3cccs3)nn(-c3ccccc3C)c21. The molecule has 0 radical (unpaired) electrons. The number of para-hydroxylation sites is 1. The van der Waals surface area contributed by atoms with Crippen molar-refractivity contribution in [2.24, 2.45) is 0 Å². The summed E-state index contributed by atoms with van der Waals surface area (Å²) in [5.74, 6) is -0.204. The number of thioether (sulfide) groups is 1. The normalized spacial score (nSPS) is 16.2. The third-order valence-electron chi connectivity index (χ3n) is 6.70. The summed E-state index contributed by atoms with van der Waals surface area (Å²) in [6, 6.07) is 18.4. The maximum Gasteiger partial charge on any atom is 0.240 e. The number of anilines is 1. The smallest absolute Gasteiger partial charge is 0.240 e. The number of carbonyl (C=O) groups is 2. The van der Waals surface area contributed by atoms with Gasteiger partial charge in [0.05, 0.1) is 21.6 Å². The second kappa shape index (κ2) is 11.1. The topological polar surface area (TPSA) is 67.2 Å². The Balaban J connectivity index is 1.79. The van der Waals surface area contributed by atoms with E-state index in [1.165, 1.54) is 34.1 Å². The minimum atomic E-state index is -0.493. The highest BCUT2D eigenvalue weighted by Crippen LogP contribution is 2.49. The van der Waals surface area contributed by atoms with E-state index in [9.17, 15) is 9.59 Å². The van der Waals surface area contributed by atoms with Gasteiger partial charge in [-0.05, 0) is 49.4 Å². The molecule has 0 aliphatic carbocycles. The summed E-state index contributed by atoms with van der Waals surface area (Å²) >= 11 is 2.90. The van der Waals surface area contributed by atoms with E-state index >= 15 is 4.39 Å². The maximum atomic E-state index is 15.3. The molecule has 1 N–H and O–H groups in total. The van der Waals surface area contributed by atoms with Crippen LogP contribution in [0.1, 0.15) is 42.2 Å². The van der Waals surface area contributed by atoms with Crippen LogP contribution in [0.2, 0.25) is 0 Å². The van der Waals surface area contributed by atoms with Gasteiger partial charge in [0.15, 0.2) is 0 Å². The standard InChI is InChI=1S/C29H29FN4O2S2/c1-4-19(3)31-24(35)16-33-25(36)17-38-28(20-11-6-7-12-21(20)30)26-27(23-14-9-15-37-23)32-34(29(26)33)22-13-8-5-10-18(22)2/h5-15,19,28H,4,16-17H2,1-3H3,(H,31,35)/t19-,28-/m1/s1. The van der Waals surface area contributed by atoms with Gasteiger partial charge in [0.2, 0.25) is 11.8 Å². The number of nitrogens with one attached hydrogen (secondary N) is 1. The van der Waals surface area contributed by atoms with E-state index < -0.39 is 5.25 Å². The largest absolute Gasteiger partial charge is 0.352 e. The van der Waals surface area contributed by atoms with Gasteiger partial charge in [0, 0.05) is 17.2 Å². The molecule has 0 saturated heterocycles. The van der Waals surface area contributed by atoms with Crippen molar-refractivity contribution in [3.8, 4) is 16.3 Å². The average Bonchev–Trinajstić information content (AvgIpc) is 3.54. The number of hydrogen-bond acceptors (Lipinski definition) is 5. The molecule has 2 aromatic heterocycles. The summed E-state index contributed by atoms with van der Waals surface area (Å²) in [5.41, 5.74) is 3.66. The number of amides is 2. The second-order valence-electron chi connectivity index (χ2n) is 9.33. The van der Waals surface area contributed by atoms with Crippen LogP contribution in [-0.4, -0.2) is 39.9 Å². The lowest BCUT2D eigenvalue weighted by Gasteiger charge is -2.24. The molecule has 2 atom stereocenters. The summed E-state index contributed by atoms with van der Waals surface area (Å²) in [6.45, 7) is 5.76. The molecule has 0 fully saturated rings. The third kappa shape index (κ3) is 5.00. The Labute approximate surface area is 229 Å². The van der Waals surface area contributed by atoms with Gasteiger partial charge >= 0.3 is 0 Å². The van der Waals surface area contributed by atoms with E-state index in [1.54, 1.807) is 22.9 Å². The fourth-order valence-electron chi connectivity index (χ4n) is 4.58. The van der Waals surface area contributed by atoms with Crippen LogP contribution in [-0.2, 0) is 9.59 Å². The first-order chi connectivity index (χ1) is 18.4. The van der Waals surface area contributed by atoms with Crippen LogP contribution < -0.4 is 10.2 Å².